The molecule has 0 unspecified atom stereocenters. The standard InChI is InChI=1S/C13H12BrN3O/c1-8-2-3-9(14)6-12(8)17-13(18)10-4-5-16-7-11(10)15/h2-7H,15H2,1H3,(H,17,18). The Morgan fingerprint density at radius 1 is 1.39 bits per heavy atom. The van der Waals surface area contributed by atoms with Gasteiger partial charge in [-0.3, -0.25) is 9.78 Å². The molecule has 0 saturated heterocycles. The van der Waals surface area contributed by atoms with E-state index >= 15 is 0 Å². The smallest absolute Gasteiger partial charge is 0.257 e. The van der Waals surface area contributed by atoms with Crippen molar-refractivity contribution in [2.24, 2.45) is 0 Å². The molecule has 5 heteroatoms. The lowest BCUT2D eigenvalue weighted by Gasteiger charge is -2.10. The van der Waals surface area contributed by atoms with E-state index in [9.17, 15) is 4.79 Å². The minimum Gasteiger partial charge on any atom is -0.397 e. The monoisotopic (exact) mass is 305 g/mol. The largest absolute Gasteiger partial charge is 0.397 e. The van der Waals surface area contributed by atoms with Gasteiger partial charge in [-0.2, -0.15) is 0 Å². The van der Waals surface area contributed by atoms with Crippen LogP contribution in [0.2, 0.25) is 0 Å². The molecule has 0 spiro atoms. The van der Waals surface area contributed by atoms with Crippen molar-refractivity contribution < 1.29 is 4.79 Å². The number of amides is 1. The molecule has 0 aliphatic rings. The molecule has 18 heavy (non-hydrogen) atoms. The van der Waals surface area contributed by atoms with Gasteiger partial charge in [0.2, 0.25) is 0 Å². The van der Waals surface area contributed by atoms with E-state index < -0.39 is 0 Å². The number of nitrogens with zero attached hydrogens (tertiary/aromatic N) is 1. The van der Waals surface area contributed by atoms with Gasteiger partial charge in [0.1, 0.15) is 0 Å². The Bertz CT molecular complexity index is 599. The molecule has 1 aromatic heterocycles. The van der Waals surface area contributed by atoms with Crippen LogP contribution in [0.3, 0.4) is 0 Å². The molecule has 2 rings (SSSR count). The van der Waals surface area contributed by atoms with Crippen molar-refractivity contribution in [2.45, 2.75) is 6.92 Å². The summed E-state index contributed by atoms with van der Waals surface area (Å²) in [5.74, 6) is -0.240. The maximum atomic E-state index is 12.1. The quantitative estimate of drug-likeness (QED) is 0.896. The van der Waals surface area contributed by atoms with Crippen molar-refractivity contribution in [1.29, 1.82) is 0 Å². The molecule has 1 aromatic carbocycles. The molecule has 1 heterocycles. The van der Waals surface area contributed by atoms with Crippen LogP contribution < -0.4 is 11.1 Å². The number of rotatable bonds is 2. The van der Waals surface area contributed by atoms with Crippen molar-refractivity contribution in [3.8, 4) is 0 Å². The van der Waals surface area contributed by atoms with Crippen LogP contribution in [-0.4, -0.2) is 10.9 Å². The SMILES string of the molecule is Cc1ccc(Br)cc1NC(=O)c1ccncc1N. The highest BCUT2D eigenvalue weighted by Crippen LogP contribution is 2.22. The van der Waals surface area contributed by atoms with E-state index in [4.69, 9.17) is 5.73 Å². The molecule has 0 bridgehead atoms. The Kier molecular flexibility index (Phi) is 3.62. The van der Waals surface area contributed by atoms with Crippen LogP contribution in [0.5, 0.6) is 0 Å². The van der Waals surface area contributed by atoms with E-state index in [2.05, 4.69) is 26.2 Å². The molecule has 0 atom stereocenters. The molecule has 3 N–H and O–H groups in total. The van der Waals surface area contributed by atoms with E-state index in [1.54, 1.807) is 12.3 Å². The van der Waals surface area contributed by atoms with Crippen LogP contribution in [0.25, 0.3) is 0 Å². The summed E-state index contributed by atoms with van der Waals surface area (Å²) in [4.78, 5) is 15.9. The highest BCUT2D eigenvalue weighted by molar-refractivity contribution is 9.10. The zero-order valence-electron chi connectivity index (χ0n) is 9.77. The van der Waals surface area contributed by atoms with E-state index in [1.807, 2.05) is 25.1 Å². The van der Waals surface area contributed by atoms with Crippen LogP contribution in [0.15, 0.2) is 41.1 Å². The lowest BCUT2D eigenvalue weighted by atomic mass is 10.1. The van der Waals surface area contributed by atoms with E-state index in [0.29, 0.717) is 11.3 Å². The highest BCUT2D eigenvalue weighted by Gasteiger charge is 2.10. The van der Waals surface area contributed by atoms with Crippen LogP contribution >= 0.6 is 15.9 Å². The van der Waals surface area contributed by atoms with Crippen molar-refractivity contribution >= 4 is 33.2 Å². The molecule has 0 aliphatic heterocycles. The summed E-state index contributed by atoms with van der Waals surface area (Å²) in [7, 11) is 0. The number of hydrogen-bond acceptors (Lipinski definition) is 3. The third kappa shape index (κ3) is 2.68. The first-order valence-electron chi connectivity index (χ1n) is 5.35. The summed E-state index contributed by atoms with van der Waals surface area (Å²) in [6.07, 6.45) is 3.00. The second-order valence-electron chi connectivity index (χ2n) is 3.88. The number of aromatic nitrogens is 1. The van der Waals surface area contributed by atoms with Crippen molar-refractivity contribution in [2.75, 3.05) is 11.1 Å². The summed E-state index contributed by atoms with van der Waals surface area (Å²) in [6.45, 7) is 1.93. The zero-order chi connectivity index (χ0) is 13.1. The summed E-state index contributed by atoms with van der Waals surface area (Å²) >= 11 is 3.37. The third-order valence-corrected chi connectivity index (χ3v) is 3.04. The van der Waals surface area contributed by atoms with Gasteiger partial charge in [-0.1, -0.05) is 22.0 Å². The lowest BCUT2D eigenvalue weighted by molar-refractivity contribution is 0.102. The number of halogens is 1. The van der Waals surface area contributed by atoms with Crippen molar-refractivity contribution in [3.05, 3.63) is 52.3 Å². The maximum absolute atomic E-state index is 12.1. The van der Waals surface area contributed by atoms with Gasteiger partial charge in [0, 0.05) is 16.4 Å². The van der Waals surface area contributed by atoms with Crippen LogP contribution in [0, 0.1) is 6.92 Å². The topological polar surface area (TPSA) is 68.0 Å². The van der Waals surface area contributed by atoms with Gasteiger partial charge < -0.3 is 11.1 Å². The zero-order valence-corrected chi connectivity index (χ0v) is 11.4. The molecular formula is C13H12BrN3O. The Hall–Kier alpha value is -1.88. The average Bonchev–Trinajstić information content (AvgIpc) is 2.34. The summed E-state index contributed by atoms with van der Waals surface area (Å²) in [5.41, 5.74) is 8.24. The fourth-order valence-electron chi connectivity index (χ4n) is 1.53. The Morgan fingerprint density at radius 3 is 2.89 bits per heavy atom. The number of pyridine rings is 1. The predicted molar refractivity (Wildman–Crippen MR) is 75.5 cm³/mol. The molecule has 0 aliphatic carbocycles. The summed E-state index contributed by atoms with van der Waals surface area (Å²) in [5, 5.41) is 2.83. The third-order valence-electron chi connectivity index (χ3n) is 2.54. The number of benzene rings is 1. The van der Waals surface area contributed by atoms with Crippen molar-refractivity contribution in [1.82, 2.24) is 4.98 Å². The first-order valence-corrected chi connectivity index (χ1v) is 6.14. The second-order valence-corrected chi connectivity index (χ2v) is 4.79. The van der Waals surface area contributed by atoms with Crippen LogP contribution in [0.4, 0.5) is 11.4 Å². The number of aryl methyl sites for hydroxylation is 1. The summed E-state index contributed by atoms with van der Waals surface area (Å²) in [6, 6.07) is 7.30. The second kappa shape index (κ2) is 5.18. The van der Waals surface area contributed by atoms with Gasteiger partial charge in [0.25, 0.3) is 5.91 Å². The number of anilines is 2. The fraction of sp³-hybridized carbons (Fsp3) is 0.0769. The Morgan fingerprint density at radius 2 is 2.17 bits per heavy atom. The molecule has 2 aromatic rings. The normalized spacial score (nSPS) is 10.1. The Balaban J connectivity index is 2.27. The molecular weight excluding hydrogens is 294 g/mol. The van der Waals surface area contributed by atoms with E-state index in [-0.39, 0.29) is 5.91 Å². The minimum absolute atomic E-state index is 0.240. The lowest BCUT2D eigenvalue weighted by Crippen LogP contribution is -2.14. The van der Waals surface area contributed by atoms with E-state index in [1.165, 1.54) is 6.20 Å². The molecule has 1 amide bonds. The molecule has 92 valence electrons. The molecule has 0 saturated carbocycles. The fourth-order valence-corrected chi connectivity index (χ4v) is 1.89. The number of hydrogen-bond donors (Lipinski definition) is 2. The average molecular weight is 306 g/mol. The minimum atomic E-state index is -0.240. The van der Waals surface area contributed by atoms with Gasteiger partial charge in [-0.05, 0) is 30.7 Å². The predicted octanol–water partition coefficient (Wildman–Crippen LogP) is 2.99. The van der Waals surface area contributed by atoms with Crippen LogP contribution in [0.1, 0.15) is 15.9 Å². The number of nitrogens with one attached hydrogen (secondary N) is 1. The van der Waals surface area contributed by atoms with Gasteiger partial charge >= 0.3 is 0 Å². The maximum Gasteiger partial charge on any atom is 0.257 e. The summed E-state index contributed by atoms with van der Waals surface area (Å²) < 4.78 is 0.908. The molecule has 0 fully saturated rings. The molecule has 4 nitrogen and oxygen atoms in total. The first-order chi connectivity index (χ1) is 8.58. The highest BCUT2D eigenvalue weighted by atomic mass is 79.9. The van der Waals surface area contributed by atoms with Crippen LogP contribution in [-0.2, 0) is 0 Å². The number of carbonyl (C=O) groups is 1. The van der Waals surface area contributed by atoms with Gasteiger partial charge in [-0.25, -0.2) is 0 Å². The molecule has 0 radical (unpaired) electrons. The van der Waals surface area contributed by atoms with Crippen molar-refractivity contribution in [3.63, 3.8) is 0 Å². The first kappa shape index (κ1) is 12.6. The number of nitrogens with two attached hydrogens (primary N) is 1. The number of nitrogen functional groups attached to an aromatic ring is 1. The van der Waals surface area contributed by atoms with Gasteiger partial charge in [0.05, 0.1) is 17.4 Å². The van der Waals surface area contributed by atoms with Gasteiger partial charge in [0.15, 0.2) is 0 Å². The van der Waals surface area contributed by atoms with Gasteiger partial charge in [-0.15, -0.1) is 0 Å². The number of carbonyl (C=O) groups excluding carboxylic acids is 1. The Labute approximate surface area is 113 Å². The van der Waals surface area contributed by atoms with E-state index in [0.717, 1.165) is 15.7 Å².